The maximum absolute atomic E-state index is 11.7. The van der Waals surface area contributed by atoms with Crippen molar-refractivity contribution in [2.45, 2.75) is 25.4 Å². The van der Waals surface area contributed by atoms with E-state index in [9.17, 15) is 9.59 Å². The van der Waals surface area contributed by atoms with Gasteiger partial charge in [0, 0.05) is 0 Å². The summed E-state index contributed by atoms with van der Waals surface area (Å²) in [4.78, 5) is 23.3. The van der Waals surface area contributed by atoms with Gasteiger partial charge in [-0.05, 0) is 11.1 Å². The van der Waals surface area contributed by atoms with Crippen LogP contribution in [0.15, 0.2) is 60.7 Å². The molecule has 3 rings (SSSR count). The Morgan fingerprint density at radius 3 is 1.36 bits per heavy atom. The van der Waals surface area contributed by atoms with Gasteiger partial charge in [0.2, 0.25) is 11.6 Å². The van der Waals surface area contributed by atoms with Gasteiger partial charge in [0.1, 0.15) is 0 Å². The lowest BCUT2D eigenvalue weighted by Gasteiger charge is -2.32. The highest BCUT2D eigenvalue weighted by molar-refractivity contribution is 6.48. The second kappa shape index (κ2) is 6.64. The fourth-order valence-electron chi connectivity index (χ4n) is 2.31. The average Bonchev–Trinajstić information content (AvgIpc) is 2.58. The highest BCUT2D eigenvalue weighted by Gasteiger charge is 2.51. The number of ketones is 2. The molecule has 1 aliphatic rings. The van der Waals surface area contributed by atoms with E-state index < -0.39 is 23.8 Å². The smallest absolute Gasteiger partial charge is 0.233 e. The molecule has 1 saturated carbocycles. The molecule has 4 nitrogen and oxygen atoms in total. The summed E-state index contributed by atoms with van der Waals surface area (Å²) in [7, 11) is 0. The number of hydrogen-bond donors (Lipinski definition) is 0. The molecule has 4 heteroatoms. The molecule has 2 aromatic rings. The van der Waals surface area contributed by atoms with E-state index in [2.05, 4.69) is 0 Å². The normalized spacial score (nSPS) is 20.7. The summed E-state index contributed by atoms with van der Waals surface area (Å²) in [6.07, 6.45) is -1.59. The van der Waals surface area contributed by atoms with Gasteiger partial charge in [-0.25, -0.2) is 0 Å². The van der Waals surface area contributed by atoms with Crippen LogP contribution in [0.1, 0.15) is 11.1 Å². The van der Waals surface area contributed by atoms with Gasteiger partial charge in [-0.15, -0.1) is 0 Å². The van der Waals surface area contributed by atoms with Crippen LogP contribution in [0.4, 0.5) is 0 Å². The highest BCUT2D eigenvalue weighted by atomic mass is 16.6. The molecule has 0 aromatic heterocycles. The van der Waals surface area contributed by atoms with Crippen molar-refractivity contribution < 1.29 is 19.1 Å². The second-order valence-corrected chi connectivity index (χ2v) is 5.16. The van der Waals surface area contributed by atoms with Gasteiger partial charge >= 0.3 is 0 Å². The minimum atomic E-state index is -0.795. The standard InChI is InChI=1S/C18H16O4/c19-15-16(20)18(22-12-14-9-5-2-6-10-14)17(15)21-11-13-7-3-1-4-8-13/h1-10,17-18H,11-12H2. The molecule has 0 aliphatic heterocycles. The molecule has 0 heterocycles. The predicted molar refractivity (Wildman–Crippen MR) is 80.1 cm³/mol. The van der Waals surface area contributed by atoms with Gasteiger partial charge in [-0.2, -0.15) is 0 Å². The van der Waals surface area contributed by atoms with Crippen molar-refractivity contribution in [3.63, 3.8) is 0 Å². The molecular formula is C18H16O4. The number of ether oxygens (including phenoxy) is 2. The van der Waals surface area contributed by atoms with Gasteiger partial charge in [-0.3, -0.25) is 9.59 Å². The van der Waals surface area contributed by atoms with E-state index in [0.29, 0.717) is 0 Å². The van der Waals surface area contributed by atoms with Crippen LogP contribution in [-0.4, -0.2) is 23.8 Å². The van der Waals surface area contributed by atoms with Gasteiger partial charge in [0.25, 0.3) is 0 Å². The summed E-state index contributed by atoms with van der Waals surface area (Å²) in [5, 5.41) is 0. The quantitative estimate of drug-likeness (QED) is 0.768. The number of carbonyl (C=O) groups excluding carboxylic acids is 2. The van der Waals surface area contributed by atoms with Gasteiger partial charge < -0.3 is 9.47 Å². The maximum Gasteiger partial charge on any atom is 0.233 e. The lowest BCUT2D eigenvalue weighted by Crippen LogP contribution is -2.59. The summed E-state index contributed by atoms with van der Waals surface area (Å²) >= 11 is 0. The van der Waals surface area contributed by atoms with Crippen molar-refractivity contribution >= 4 is 11.6 Å². The van der Waals surface area contributed by atoms with E-state index in [1.54, 1.807) is 0 Å². The van der Waals surface area contributed by atoms with Gasteiger partial charge in [0.05, 0.1) is 13.2 Å². The molecule has 2 atom stereocenters. The monoisotopic (exact) mass is 296 g/mol. The first-order valence-corrected chi connectivity index (χ1v) is 7.15. The molecule has 2 unspecified atom stereocenters. The number of Topliss-reactive ketones (excluding diaryl/α,β-unsaturated/α-hetero) is 2. The summed E-state index contributed by atoms with van der Waals surface area (Å²) in [6, 6.07) is 19.0. The SMILES string of the molecule is O=C1C(=O)C(OCc2ccccc2)C1OCc1ccccc1. The number of rotatable bonds is 6. The van der Waals surface area contributed by atoms with Crippen molar-refractivity contribution in [3.8, 4) is 0 Å². The van der Waals surface area contributed by atoms with Crippen molar-refractivity contribution in [1.82, 2.24) is 0 Å². The van der Waals surface area contributed by atoms with Crippen LogP contribution < -0.4 is 0 Å². The number of benzene rings is 2. The molecule has 2 aromatic carbocycles. The lowest BCUT2D eigenvalue weighted by atomic mass is 9.88. The molecule has 0 N–H and O–H groups in total. The Labute approximate surface area is 128 Å². The molecule has 22 heavy (non-hydrogen) atoms. The van der Waals surface area contributed by atoms with Crippen molar-refractivity contribution in [3.05, 3.63) is 71.8 Å². The van der Waals surface area contributed by atoms with E-state index in [1.165, 1.54) is 0 Å². The molecule has 0 spiro atoms. The Morgan fingerprint density at radius 2 is 1.00 bits per heavy atom. The summed E-state index contributed by atoms with van der Waals surface area (Å²) in [5.41, 5.74) is 1.91. The summed E-state index contributed by atoms with van der Waals surface area (Å²) in [5.74, 6) is -1.01. The fourth-order valence-corrected chi connectivity index (χ4v) is 2.31. The highest BCUT2D eigenvalue weighted by Crippen LogP contribution is 2.22. The zero-order valence-electron chi connectivity index (χ0n) is 12.0. The van der Waals surface area contributed by atoms with Gasteiger partial charge in [0.15, 0.2) is 12.2 Å². The molecule has 0 bridgehead atoms. The van der Waals surface area contributed by atoms with E-state index >= 15 is 0 Å². The van der Waals surface area contributed by atoms with Crippen molar-refractivity contribution in [2.75, 3.05) is 0 Å². The Morgan fingerprint density at radius 1 is 0.636 bits per heavy atom. The molecule has 112 valence electrons. The molecule has 0 radical (unpaired) electrons. The lowest BCUT2D eigenvalue weighted by molar-refractivity contribution is -0.179. The molecule has 1 fully saturated rings. The Balaban J connectivity index is 1.56. The first-order valence-electron chi connectivity index (χ1n) is 7.15. The molecule has 0 amide bonds. The first-order chi connectivity index (χ1) is 10.8. The molecule has 0 saturated heterocycles. The van der Waals surface area contributed by atoms with Gasteiger partial charge in [-0.1, -0.05) is 60.7 Å². The third kappa shape index (κ3) is 3.13. The third-order valence-corrected chi connectivity index (χ3v) is 3.58. The van der Waals surface area contributed by atoms with Crippen molar-refractivity contribution in [1.29, 1.82) is 0 Å². The van der Waals surface area contributed by atoms with Crippen LogP contribution >= 0.6 is 0 Å². The van der Waals surface area contributed by atoms with E-state index in [-0.39, 0.29) is 13.2 Å². The van der Waals surface area contributed by atoms with Crippen molar-refractivity contribution in [2.24, 2.45) is 0 Å². The number of carbonyl (C=O) groups is 2. The Kier molecular flexibility index (Phi) is 4.42. The zero-order valence-corrected chi connectivity index (χ0v) is 12.0. The Hall–Kier alpha value is -2.30. The van der Waals surface area contributed by atoms with Crippen LogP contribution in [0.2, 0.25) is 0 Å². The van der Waals surface area contributed by atoms with Crippen LogP contribution in [-0.2, 0) is 32.3 Å². The minimum absolute atomic E-state index is 0.287. The Bertz CT molecular complexity index is 592. The number of hydrogen-bond acceptors (Lipinski definition) is 4. The molecular weight excluding hydrogens is 280 g/mol. The largest absolute Gasteiger partial charge is 0.362 e. The minimum Gasteiger partial charge on any atom is -0.362 e. The third-order valence-electron chi connectivity index (χ3n) is 3.58. The summed E-state index contributed by atoms with van der Waals surface area (Å²) in [6.45, 7) is 0.575. The first kappa shape index (κ1) is 14.6. The average molecular weight is 296 g/mol. The van der Waals surface area contributed by atoms with E-state index in [4.69, 9.17) is 9.47 Å². The van der Waals surface area contributed by atoms with Crippen LogP contribution in [0.25, 0.3) is 0 Å². The zero-order chi connectivity index (χ0) is 15.4. The predicted octanol–water partition coefficient (Wildman–Crippen LogP) is 2.31. The topological polar surface area (TPSA) is 52.6 Å². The molecule has 1 aliphatic carbocycles. The second-order valence-electron chi connectivity index (χ2n) is 5.16. The van der Waals surface area contributed by atoms with E-state index in [1.807, 2.05) is 60.7 Å². The van der Waals surface area contributed by atoms with Crippen LogP contribution in [0.3, 0.4) is 0 Å². The maximum atomic E-state index is 11.7. The summed E-state index contributed by atoms with van der Waals surface area (Å²) < 4.78 is 11.1. The van der Waals surface area contributed by atoms with E-state index in [0.717, 1.165) is 11.1 Å². The fraction of sp³-hybridized carbons (Fsp3) is 0.222. The van der Waals surface area contributed by atoms with Crippen LogP contribution in [0, 0.1) is 0 Å². The van der Waals surface area contributed by atoms with Crippen LogP contribution in [0.5, 0.6) is 0 Å².